The van der Waals surface area contributed by atoms with E-state index in [-0.39, 0.29) is 12.3 Å². The van der Waals surface area contributed by atoms with Gasteiger partial charge in [-0.3, -0.25) is 0 Å². The molecular weight excluding hydrogens is 157 g/mol. The highest BCUT2D eigenvalue weighted by Crippen LogP contribution is 2.13. The molecule has 0 aromatic heterocycles. The van der Waals surface area contributed by atoms with Gasteiger partial charge in [-0.05, 0) is 12.1 Å². The van der Waals surface area contributed by atoms with Crippen molar-refractivity contribution in [1.82, 2.24) is 0 Å². The summed E-state index contributed by atoms with van der Waals surface area (Å²) in [6, 6.07) is 4.38. The second-order valence-electron chi connectivity index (χ2n) is 2.16. The quantitative estimate of drug-likeness (QED) is 0.440. The molecule has 0 amide bonds. The predicted molar refractivity (Wildman–Crippen MR) is 44.8 cm³/mol. The second-order valence-corrected chi connectivity index (χ2v) is 2.16. The van der Waals surface area contributed by atoms with Gasteiger partial charge in [0.25, 0.3) is 0 Å². The number of nitrogen functional groups attached to an aromatic ring is 1. The molecule has 0 aliphatic carbocycles. The highest BCUT2D eigenvalue weighted by molar-refractivity contribution is 5.56. The first kappa shape index (κ1) is 8.57. The minimum absolute atomic E-state index is 0.0263. The third kappa shape index (κ3) is 1.74. The summed E-state index contributed by atoms with van der Waals surface area (Å²) in [7, 11) is 0. The van der Waals surface area contributed by atoms with Crippen LogP contribution in [0.2, 0.25) is 0 Å². The van der Waals surface area contributed by atoms with Crippen LogP contribution in [0.3, 0.4) is 0 Å². The lowest BCUT2D eigenvalue weighted by molar-refractivity contribution is 0.350. The zero-order chi connectivity index (χ0) is 8.97. The van der Waals surface area contributed by atoms with Crippen molar-refractivity contribution in [2.75, 3.05) is 12.3 Å². The Kier molecular flexibility index (Phi) is 2.67. The fourth-order valence-corrected chi connectivity index (χ4v) is 0.781. The number of para-hydroxylation sites is 1. The molecule has 1 aromatic carbocycles. The van der Waals surface area contributed by atoms with E-state index in [0.717, 1.165) is 0 Å². The van der Waals surface area contributed by atoms with Crippen molar-refractivity contribution >= 4 is 5.69 Å². The van der Waals surface area contributed by atoms with E-state index in [9.17, 15) is 4.39 Å². The Labute approximate surface area is 69.8 Å². The van der Waals surface area contributed by atoms with E-state index in [1.807, 2.05) is 0 Å². The lowest BCUT2D eigenvalue weighted by Crippen LogP contribution is -1.94. The molecule has 62 valence electrons. The minimum atomic E-state index is -0.486. The van der Waals surface area contributed by atoms with E-state index in [0.29, 0.717) is 5.56 Å². The molecule has 0 fully saturated rings. The summed E-state index contributed by atoms with van der Waals surface area (Å²) >= 11 is 0. The van der Waals surface area contributed by atoms with Gasteiger partial charge < -0.3 is 10.8 Å². The maximum atomic E-state index is 12.8. The Hall–Kier alpha value is -1.53. The fourth-order valence-electron chi connectivity index (χ4n) is 0.781. The van der Waals surface area contributed by atoms with Crippen LogP contribution >= 0.6 is 0 Å². The maximum Gasteiger partial charge on any atom is 0.147 e. The van der Waals surface area contributed by atoms with Crippen LogP contribution in [-0.4, -0.2) is 11.7 Å². The van der Waals surface area contributed by atoms with Gasteiger partial charge in [-0.15, -0.1) is 0 Å². The third-order valence-electron chi connectivity index (χ3n) is 1.36. The molecule has 1 aromatic rings. The number of rotatable bonds is 0. The van der Waals surface area contributed by atoms with Gasteiger partial charge in [0.1, 0.15) is 12.4 Å². The number of hydrogen-bond acceptors (Lipinski definition) is 2. The molecule has 0 heterocycles. The molecule has 12 heavy (non-hydrogen) atoms. The Morgan fingerprint density at radius 3 is 2.92 bits per heavy atom. The first-order valence-electron chi connectivity index (χ1n) is 3.39. The average Bonchev–Trinajstić information content (AvgIpc) is 2.08. The molecule has 1 rings (SSSR count). The summed E-state index contributed by atoms with van der Waals surface area (Å²) in [4.78, 5) is 0. The molecule has 0 radical (unpaired) electrons. The highest BCUT2D eigenvalue weighted by atomic mass is 19.1. The molecule has 0 aliphatic rings. The van der Waals surface area contributed by atoms with Crippen LogP contribution in [0.4, 0.5) is 10.1 Å². The van der Waals surface area contributed by atoms with Crippen LogP contribution in [0.5, 0.6) is 0 Å². The summed E-state index contributed by atoms with van der Waals surface area (Å²) in [6.45, 7) is -0.254. The predicted octanol–water partition coefficient (Wildman–Crippen LogP) is 0.752. The lowest BCUT2D eigenvalue weighted by Gasteiger charge is -1.97. The number of benzene rings is 1. The molecule has 0 saturated carbocycles. The first-order valence-corrected chi connectivity index (χ1v) is 3.39. The normalized spacial score (nSPS) is 8.83. The molecule has 0 aliphatic heterocycles. The Bertz CT molecular complexity index is 338. The van der Waals surface area contributed by atoms with Gasteiger partial charge in [0, 0.05) is 0 Å². The Morgan fingerprint density at radius 1 is 1.50 bits per heavy atom. The van der Waals surface area contributed by atoms with Crippen LogP contribution < -0.4 is 5.73 Å². The van der Waals surface area contributed by atoms with Gasteiger partial charge in [-0.25, -0.2) is 4.39 Å². The van der Waals surface area contributed by atoms with Crippen molar-refractivity contribution in [2.24, 2.45) is 0 Å². The van der Waals surface area contributed by atoms with Crippen LogP contribution in [0.15, 0.2) is 18.2 Å². The second kappa shape index (κ2) is 3.74. The largest absolute Gasteiger partial charge is 0.395 e. The number of hydrogen-bond donors (Lipinski definition) is 2. The third-order valence-corrected chi connectivity index (χ3v) is 1.36. The van der Waals surface area contributed by atoms with Crippen LogP contribution in [0, 0.1) is 17.7 Å². The van der Waals surface area contributed by atoms with Gasteiger partial charge >= 0.3 is 0 Å². The fraction of sp³-hybridized carbons (Fsp3) is 0.111. The molecule has 0 atom stereocenters. The summed E-state index contributed by atoms with van der Waals surface area (Å²) in [5.74, 6) is 4.44. The molecule has 2 nitrogen and oxygen atoms in total. The van der Waals surface area contributed by atoms with E-state index in [4.69, 9.17) is 10.8 Å². The van der Waals surface area contributed by atoms with Crippen molar-refractivity contribution in [1.29, 1.82) is 0 Å². The number of aliphatic hydroxyl groups is 1. The molecule has 3 N–H and O–H groups in total. The van der Waals surface area contributed by atoms with Crippen LogP contribution in [0.1, 0.15) is 5.56 Å². The van der Waals surface area contributed by atoms with Crippen molar-refractivity contribution in [2.45, 2.75) is 0 Å². The van der Waals surface area contributed by atoms with E-state index in [1.165, 1.54) is 12.1 Å². The van der Waals surface area contributed by atoms with Gasteiger partial charge in [-0.2, -0.15) is 0 Å². The summed E-state index contributed by atoms with van der Waals surface area (Å²) in [5.41, 5.74) is 5.80. The monoisotopic (exact) mass is 165 g/mol. The topological polar surface area (TPSA) is 46.2 Å². The smallest absolute Gasteiger partial charge is 0.147 e. The zero-order valence-corrected chi connectivity index (χ0v) is 6.34. The van der Waals surface area contributed by atoms with E-state index in [2.05, 4.69) is 11.8 Å². The summed E-state index contributed by atoms with van der Waals surface area (Å²) in [6.07, 6.45) is 0. The van der Waals surface area contributed by atoms with Crippen molar-refractivity contribution in [3.05, 3.63) is 29.6 Å². The van der Waals surface area contributed by atoms with E-state index >= 15 is 0 Å². The number of nitrogens with two attached hydrogens (primary N) is 1. The summed E-state index contributed by atoms with van der Waals surface area (Å²) in [5, 5.41) is 8.38. The highest BCUT2D eigenvalue weighted by Gasteiger charge is 1.99. The van der Waals surface area contributed by atoms with Crippen LogP contribution in [0.25, 0.3) is 0 Å². The molecular formula is C9H8FNO. The first-order chi connectivity index (χ1) is 5.75. The van der Waals surface area contributed by atoms with Gasteiger partial charge in [0.05, 0.1) is 11.3 Å². The Balaban J connectivity index is 3.08. The lowest BCUT2D eigenvalue weighted by atomic mass is 10.2. The molecule has 3 heteroatoms. The molecule has 0 spiro atoms. The molecule has 0 saturated heterocycles. The van der Waals surface area contributed by atoms with Gasteiger partial charge in [0.15, 0.2) is 0 Å². The zero-order valence-electron chi connectivity index (χ0n) is 6.34. The molecule has 0 unspecified atom stereocenters. The molecule has 0 bridgehead atoms. The van der Waals surface area contributed by atoms with Gasteiger partial charge in [0.2, 0.25) is 0 Å². The van der Waals surface area contributed by atoms with E-state index in [1.54, 1.807) is 6.07 Å². The Morgan fingerprint density at radius 2 is 2.25 bits per heavy atom. The number of aliphatic hydroxyl groups excluding tert-OH is 1. The van der Waals surface area contributed by atoms with E-state index < -0.39 is 5.82 Å². The number of halogens is 1. The minimum Gasteiger partial charge on any atom is -0.395 e. The average molecular weight is 165 g/mol. The van der Waals surface area contributed by atoms with Crippen molar-refractivity contribution in [3.63, 3.8) is 0 Å². The van der Waals surface area contributed by atoms with Gasteiger partial charge in [-0.1, -0.05) is 17.9 Å². The van der Waals surface area contributed by atoms with Crippen molar-refractivity contribution in [3.8, 4) is 11.8 Å². The summed E-state index contributed by atoms with van der Waals surface area (Å²) < 4.78 is 12.8. The van der Waals surface area contributed by atoms with Crippen molar-refractivity contribution < 1.29 is 9.50 Å². The van der Waals surface area contributed by atoms with Crippen LogP contribution in [-0.2, 0) is 0 Å². The number of anilines is 1. The SMILES string of the molecule is Nc1c(F)cccc1C#CCO. The standard InChI is InChI=1S/C9H8FNO/c10-8-5-1-3-7(9(8)11)4-2-6-12/h1,3,5,12H,6,11H2. The maximum absolute atomic E-state index is 12.8.